The van der Waals surface area contributed by atoms with Crippen molar-refractivity contribution >= 4 is 38.9 Å². The molecule has 4 heteroatoms. The molecule has 0 saturated carbocycles. The Hall–Kier alpha value is 0.430. The summed E-state index contributed by atoms with van der Waals surface area (Å²) in [5, 5.41) is 0. The van der Waals surface area contributed by atoms with Crippen LogP contribution in [0.1, 0.15) is 4.88 Å². The van der Waals surface area contributed by atoms with Gasteiger partial charge in [-0.15, -0.1) is 22.9 Å². The summed E-state index contributed by atoms with van der Waals surface area (Å²) in [6, 6.07) is 4.19. The number of hydrogen-bond donors (Lipinski definition) is 0. The van der Waals surface area contributed by atoms with E-state index in [0.29, 0.717) is 5.88 Å². The summed E-state index contributed by atoms with van der Waals surface area (Å²) in [5.74, 6) is 0.653. The summed E-state index contributed by atoms with van der Waals surface area (Å²) in [4.78, 5) is 1.33. The summed E-state index contributed by atoms with van der Waals surface area (Å²) in [6.45, 7) is 1.53. The van der Waals surface area contributed by atoms with Crippen molar-refractivity contribution in [3.63, 3.8) is 0 Å². The summed E-state index contributed by atoms with van der Waals surface area (Å²) in [7, 11) is 0. The number of ether oxygens (including phenoxy) is 1. The summed E-state index contributed by atoms with van der Waals surface area (Å²) in [5.41, 5.74) is 0.109. The van der Waals surface area contributed by atoms with E-state index in [1.807, 2.05) is 0 Å². The van der Waals surface area contributed by atoms with Crippen molar-refractivity contribution < 1.29 is 4.74 Å². The van der Waals surface area contributed by atoms with E-state index in [0.717, 1.165) is 17.0 Å². The molecule has 2 rings (SSSR count). The molecule has 0 amide bonds. The topological polar surface area (TPSA) is 9.23 Å². The van der Waals surface area contributed by atoms with Crippen molar-refractivity contribution in [3.8, 4) is 0 Å². The minimum atomic E-state index is 0.109. The third-order valence-corrected chi connectivity index (χ3v) is 4.49. The Kier molecular flexibility index (Phi) is 2.47. The van der Waals surface area contributed by atoms with E-state index in [-0.39, 0.29) is 5.41 Å². The van der Waals surface area contributed by atoms with Crippen molar-refractivity contribution in [1.82, 2.24) is 0 Å². The largest absolute Gasteiger partial charge is 0.379 e. The first kappa shape index (κ1) is 9.00. The van der Waals surface area contributed by atoms with Crippen LogP contribution in [0.4, 0.5) is 0 Å². The van der Waals surface area contributed by atoms with Gasteiger partial charge in [0.25, 0.3) is 0 Å². The normalized spacial score (nSPS) is 20.5. The number of halogens is 2. The maximum atomic E-state index is 5.92. The smallest absolute Gasteiger partial charge is 0.0701 e. The Bertz CT molecular complexity index is 277. The standard InChI is InChI=1S/C8H8BrClOS/c9-7-2-1-6(12-7)8(3-10)4-11-5-8/h1-2H,3-5H2. The fraction of sp³-hybridized carbons (Fsp3) is 0.500. The van der Waals surface area contributed by atoms with Crippen LogP contribution in [0, 0.1) is 0 Å². The molecule has 0 aliphatic carbocycles. The SMILES string of the molecule is ClCC1(c2ccc(Br)s2)COC1. The molecule has 1 nitrogen and oxygen atoms in total. The minimum absolute atomic E-state index is 0.109. The van der Waals surface area contributed by atoms with E-state index in [4.69, 9.17) is 16.3 Å². The third kappa shape index (κ3) is 1.33. The predicted molar refractivity (Wildman–Crippen MR) is 55.2 cm³/mol. The molecule has 1 saturated heterocycles. The molecular weight excluding hydrogens is 260 g/mol. The van der Waals surface area contributed by atoms with Crippen LogP contribution >= 0.6 is 38.9 Å². The van der Waals surface area contributed by atoms with Crippen LogP contribution in [0.2, 0.25) is 0 Å². The van der Waals surface area contributed by atoms with Crippen molar-refractivity contribution in [2.45, 2.75) is 5.41 Å². The van der Waals surface area contributed by atoms with Crippen molar-refractivity contribution in [1.29, 1.82) is 0 Å². The molecule has 2 heterocycles. The van der Waals surface area contributed by atoms with Crippen LogP contribution in [0.3, 0.4) is 0 Å². The van der Waals surface area contributed by atoms with Gasteiger partial charge in [-0.2, -0.15) is 0 Å². The molecule has 0 atom stereocenters. The van der Waals surface area contributed by atoms with Gasteiger partial charge in [0.15, 0.2) is 0 Å². The van der Waals surface area contributed by atoms with Gasteiger partial charge < -0.3 is 4.74 Å². The van der Waals surface area contributed by atoms with Crippen molar-refractivity contribution in [2.24, 2.45) is 0 Å². The molecule has 66 valence electrons. The van der Waals surface area contributed by atoms with Gasteiger partial charge in [-0.3, -0.25) is 0 Å². The second-order valence-corrected chi connectivity index (χ2v) is 5.74. The fourth-order valence-corrected chi connectivity index (χ4v) is 3.15. The van der Waals surface area contributed by atoms with Gasteiger partial charge in [0.1, 0.15) is 0 Å². The van der Waals surface area contributed by atoms with Gasteiger partial charge in [0.2, 0.25) is 0 Å². The molecule has 0 unspecified atom stereocenters. The second-order valence-electron chi connectivity index (χ2n) is 3.01. The van der Waals surface area contributed by atoms with E-state index in [1.165, 1.54) is 4.88 Å². The predicted octanol–water partition coefficient (Wildman–Crippen LogP) is 3.02. The molecule has 12 heavy (non-hydrogen) atoms. The van der Waals surface area contributed by atoms with Crippen molar-refractivity contribution in [3.05, 3.63) is 20.8 Å². The van der Waals surface area contributed by atoms with Crippen LogP contribution in [-0.4, -0.2) is 19.1 Å². The maximum absolute atomic E-state index is 5.92. The molecule has 0 aromatic carbocycles. The molecule has 0 radical (unpaired) electrons. The second kappa shape index (κ2) is 3.29. The minimum Gasteiger partial charge on any atom is -0.379 e. The zero-order valence-corrected chi connectivity index (χ0v) is 9.51. The Morgan fingerprint density at radius 3 is 2.67 bits per heavy atom. The summed E-state index contributed by atoms with van der Waals surface area (Å²) < 4.78 is 6.36. The highest BCUT2D eigenvalue weighted by atomic mass is 79.9. The lowest BCUT2D eigenvalue weighted by Gasteiger charge is -2.39. The quantitative estimate of drug-likeness (QED) is 0.749. The molecule has 0 bridgehead atoms. The van der Waals surface area contributed by atoms with E-state index in [9.17, 15) is 0 Å². The molecule has 1 aromatic heterocycles. The Labute approximate surface area is 88.8 Å². The molecule has 1 aliphatic rings. The highest BCUT2D eigenvalue weighted by molar-refractivity contribution is 9.11. The molecule has 1 fully saturated rings. The third-order valence-electron chi connectivity index (χ3n) is 2.11. The van der Waals surface area contributed by atoms with E-state index in [2.05, 4.69) is 28.1 Å². The van der Waals surface area contributed by atoms with E-state index < -0.39 is 0 Å². The van der Waals surface area contributed by atoms with E-state index in [1.54, 1.807) is 11.3 Å². The van der Waals surface area contributed by atoms with Gasteiger partial charge in [0, 0.05) is 10.8 Å². The van der Waals surface area contributed by atoms with E-state index >= 15 is 0 Å². The first-order valence-corrected chi connectivity index (χ1v) is 5.81. The van der Waals surface area contributed by atoms with Crippen molar-refractivity contribution in [2.75, 3.05) is 19.1 Å². The Morgan fingerprint density at radius 1 is 1.58 bits per heavy atom. The lowest BCUT2D eigenvalue weighted by atomic mass is 9.87. The number of thiophene rings is 1. The molecule has 0 spiro atoms. The van der Waals surface area contributed by atoms with Crippen LogP contribution in [0.5, 0.6) is 0 Å². The average molecular weight is 268 g/mol. The van der Waals surface area contributed by atoms with Gasteiger partial charge in [0.05, 0.1) is 22.4 Å². The molecule has 1 aliphatic heterocycles. The van der Waals surface area contributed by atoms with Gasteiger partial charge in [-0.05, 0) is 28.1 Å². The number of rotatable bonds is 2. The molecule has 0 N–H and O–H groups in total. The number of alkyl halides is 1. The first-order chi connectivity index (χ1) is 5.77. The lowest BCUT2D eigenvalue weighted by Crippen LogP contribution is -2.47. The first-order valence-electron chi connectivity index (χ1n) is 3.66. The maximum Gasteiger partial charge on any atom is 0.0701 e. The van der Waals surface area contributed by atoms with Crippen LogP contribution in [0.25, 0.3) is 0 Å². The summed E-state index contributed by atoms with van der Waals surface area (Å²) in [6.07, 6.45) is 0. The average Bonchev–Trinajstić information content (AvgIpc) is 2.35. The van der Waals surface area contributed by atoms with Gasteiger partial charge in [-0.1, -0.05) is 0 Å². The molecule has 1 aromatic rings. The highest BCUT2D eigenvalue weighted by Crippen LogP contribution is 2.39. The zero-order chi connectivity index (χ0) is 8.60. The molecular formula is C8H8BrClOS. The fourth-order valence-electron chi connectivity index (χ4n) is 1.23. The lowest BCUT2D eigenvalue weighted by molar-refractivity contribution is -0.0461. The van der Waals surface area contributed by atoms with Crippen LogP contribution in [0.15, 0.2) is 15.9 Å². The number of hydrogen-bond acceptors (Lipinski definition) is 2. The zero-order valence-electron chi connectivity index (χ0n) is 6.35. The monoisotopic (exact) mass is 266 g/mol. The highest BCUT2D eigenvalue weighted by Gasteiger charge is 2.40. The summed E-state index contributed by atoms with van der Waals surface area (Å²) >= 11 is 11.1. The van der Waals surface area contributed by atoms with Gasteiger partial charge >= 0.3 is 0 Å². The van der Waals surface area contributed by atoms with Crippen LogP contribution in [-0.2, 0) is 10.2 Å². The van der Waals surface area contributed by atoms with Crippen LogP contribution < -0.4 is 0 Å². The Balaban J connectivity index is 2.27. The Morgan fingerprint density at radius 2 is 2.33 bits per heavy atom. The van der Waals surface area contributed by atoms with Gasteiger partial charge in [-0.25, -0.2) is 0 Å².